The highest BCUT2D eigenvalue weighted by Crippen LogP contribution is 2.22. The van der Waals surface area contributed by atoms with Gasteiger partial charge in [0.25, 0.3) is 0 Å². The van der Waals surface area contributed by atoms with Gasteiger partial charge in [-0.1, -0.05) is 26.0 Å². The Hall–Kier alpha value is -1.09. The molecule has 0 N–H and O–H groups in total. The van der Waals surface area contributed by atoms with E-state index in [1.165, 1.54) is 5.69 Å². The minimum absolute atomic E-state index is 0.977. The smallest absolute Gasteiger partial charge is 0.0790 e. The number of halogens is 1. The molecule has 0 saturated heterocycles. The van der Waals surface area contributed by atoms with Gasteiger partial charge in [-0.15, -0.1) is 0 Å². The second-order valence-electron chi connectivity index (χ2n) is 3.70. The third-order valence-electron chi connectivity index (χ3n) is 2.64. The molecule has 84 valence electrons. The summed E-state index contributed by atoms with van der Waals surface area (Å²) in [6, 6.07) is 10.4. The molecule has 1 heterocycles. The van der Waals surface area contributed by atoms with Gasteiger partial charge in [0.1, 0.15) is 0 Å². The maximum atomic E-state index is 4.62. The first-order chi connectivity index (χ1) is 7.76. The summed E-state index contributed by atoms with van der Waals surface area (Å²) in [5.41, 5.74) is 3.51. The number of hydrogen-bond donors (Lipinski definition) is 0. The number of nitrogens with zero attached hydrogens (tertiary/aromatic N) is 2. The Morgan fingerprint density at radius 1 is 1.19 bits per heavy atom. The van der Waals surface area contributed by atoms with Gasteiger partial charge < -0.3 is 0 Å². The van der Waals surface area contributed by atoms with Crippen LogP contribution in [0, 0.1) is 0 Å². The Bertz CT molecular complexity index is 488. The van der Waals surface area contributed by atoms with Crippen LogP contribution in [-0.4, -0.2) is 9.78 Å². The van der Waals surface area contributed by atoms with Crippen molar-refractivity contribution in [1.82, 2.24) is 9.78 Å². The maximum absolute atomic E-state index is 4.62. The first-order valence-electron chi connectivity index (χ1n) is 5.59. The molecule has 0 amide bonds. The van der Waals surface area contributed by atoms with Crippen LogP contribution >= 0.6 is 15.9 Å². The van der Waals surface area contributed by atoms with Crippen LogP contribution in [0.5, 0.6) is 0 Å². The Morgan fingerprint density at radius 2 is 1.94 bits per heavy atom. The number of benzene rings is 1. The summed E-state index contributed by atoms with van der Waals surface area (Å²) in [5.74, 6) is 0. The lowest BCUT2D eigenvalue weighted by Crippen LogP contribution is -2.02. The standard InChI is InChI=1S/C13H15BrN2/c1-3-10-9-11(4-2)16(15-10)13-8-6-5-7-12(13)14/h5-9H,3-4H2,1-2H3. The van der Waals surface area contributed by atoms with Crippen LogP contribution < -0.4 is 0 Å². The average molecular weight is 279 g/mol. The van der Waals surface area contributed by atoms with Crippen molar-refractivity contribution in [3.63, 3.8) is 0 Å². The van der Waals surface area contributed by atoms with Crippen LogP contribution in [0.4, 0.5) is 0 Å². The van der Waals surface area contributed by atoms with Crippen molar-refractivity contribution in [2.45, 2.75) is 26.7 Å². The number of para-hydroxylation sites is 1. The van der Waals surface area contributed by atoms with E-state index in [-0.39, 0.29) is 0 Å². The molecule has 0 radical (unpaired) electrons. The predicted octanol–water partition coefficient (Wildman–Crippen LogP) is 3.76. The summed E-state index contributed by atoms with van der Waals surface area (Å²) in [5, 5.41) is 4.62. The quantitative estimate of drug-likeness (QED) is 0.836. The number of aromatic nitrogens is 2. The monoisotopic (exact) mass is 278 g/mol. The number of aryl methyl sites for hydroxylation is 2. The van der Waals surface area contributed by atoms with Gasteiger partial charge in [0, 0.05) is 10.2 Å². The van der Waals surface area contributed by atoms with Crippen molar-refractivity contribution in [3.05, 3.63) is 46.2 Å². The molecule has 0 spiro atoms. The van der Waals surface area contributed by atoms with E-state index in [2.05, 4.69) is 47.0 Å². The highest BCUT2D eigenvalue weighted by atomic mass is 79.9. The molecule has 1 aromatic heterocycles. The Kier molecular flexibility index (Phi) is 3.44. The zero-order chi connectivity index (χ0) is 11.5. The molecule has 0 aliphatic carbocycles. The lowest BCUT2D eigenvalue weighted by atomic mass is 10.2. The van der Waals surface area contributed by atoms with Gasteiger partial charge in [-0.05, 0) is 47.0 Å². The summed E-state index contributed by atoms with van der Waals surface area (Å²) in [4.78, 5) is 0. The molecule has 0 aliphatic heterocycles. The molecule has 0 atom stereocenters. The summed E-state index contributed by atoms with van der Waals surface area (Å²) in [6.07, 6.45) is 1.97. The molecule has 2 nitrogen and oxygen atoms in total. The molecule has 0 unspecified atom stereocenters. The molecule has 16 heavy (non-hydrogen) atoms. The molecular formula is C13H15BrN2. The van der Waals surface area contributed by atoms with Gasteiger partial charge in [0.15, 0.2) is 0 Å². The van der Waals surface area contributed by atoms with E-state index in [0.717, 1.165) is 28.7 Å². The molecule has 0 bridgehead atoms. The van der Waals surface area contributed by atoms with E-state index >= 15 is 0 Å². The van der Waals surface area contributed by atoms with Gasteiger partial charge in [0.05, 0.1) is 11.4 Å². The van der Waals surface area contributed by atoms with Gasteiger partial charge in [-0.25, -0.2) is 4.68 Å². The molecule has 1 aromatic carbocycles. The van der Waals surface area contributed by atoms with Crippen LogP contribution in [-0.2, 0) is 12.8 Å². The van der Waals surface area contributed by atoms with Gasteiger partial charge in [-0.3, -0.25) is 0 Å². The lowest BCUT2D eigenvalue weighted by Gasteiger charge is -2.07. The fraction of sp³-hybridized carbons (Fsp3) is 0.308. The third-order valence-corrected chi connectivity index (χ3v) is 3.31. The van der Waals surface area contributed by atoms with E-state index < -0.39 is 0 Å². The van der Waals surface area contributed by atoms with Crippen LogP contribution in [0.1, 0.15) is 25.2 Å². The molecule has 0 fully saturated rings. The molecule has 2 rings (SSSR count). The molecule has 0 aliphatic rings. The number of rotatable bonds is 3. The second-order valence-corrected chi connectivity index (χ2v) is 4.55. The summed E-state index contributed by atoms with van der Waals surface area (Å²) >= 11 is 3.57. The SMILES string of the molecule is CCc1cc(CC)n(-c2ccccc2Br)n1. The van der Waals surface area contributed by atoms with Crippen molar-refractivity contribution in [2.75, 3.05) is 0 Å². The molecule has 2 aromatic rings. The van der Waals surface area contributed by atoms with Gasteiger partial charge in [0.2, 0.25) is 0 Å². The molecule has 0 saturated carbocycles. The molecule has 3 heteroatoms. The summed E-state index contributed by atoms with van der Waals surface area (Å²) < 4.78 is 3.11. The summed E-state index contributed by atoms with van der Waals surface area (Å²) in [6.45, 7) is 4.29. The Balaban J connectivity index is 2.54. The van der Waals surface area contributed by atoms with Crippen LogP contribution in [0.15, 0.2) is 34.8 Å². The highest BCUT2D eigenvalue weighted by Gasteiger charge is 2.09. The van der Waals surface area contributed by atoms with Crippen LogP contribution in [0.25, 0.3) is 5.69 Å². The highest BCUT2D eigenvalue weighted by molar-refractivity contribution is 9.10. The lowest BCUT2D eigenvalue weighted by molar-refractivity contribution is 0.791. The van der Waals surface area contributed by atoms with Crippen LogP contribution in [0.2, 0.25) is 0 Å². The Labute approximate surface area is 104 Å². The predicted molar refractivity (Wildman–Crippen MR) is 70.0 cm³/mol. The average Bonchev–Trinajstić information content (AvgIpc) is 2.72. The van der Waals surface area contributed by atoms with E-state index in [1.807, 2.05) is 22.9 Å². The first kappa shape index (κ1) is 11.4. The topological polar surface area (TPSA) is 17.8 Å². The zero-order valence-electron chi connectivity index (χ0n) is 9.57. The number of hydrogen-bond acceptors (Lipinski definition) is 1. The largest absolute Gasteiger partial charge is 0.236 e. The second kappa shape index (κ2) is 4.83. The summed E-state index contributed by atoms with van der Waals surface area (Å²) in [7, 11) is 0. The van der Waals surface area contributed by atoms with Gasteiger partial charge in [-0.2, -0.15) is 5.10 Å². The van der Waals surface area contributed by atoms with Crippen molar-refractivity contribution >= 4 is 15.9 Å². The first-order valence-corrected chi connectivity index (χ1v) is 6.38. The van der Waals surface area contributed by atoms with Crippen LogP contribution in [0.3, 0.4) is 0 Å². The normalized spacial score (nSPS) is 10.7. The fourth-order valence-corrected chi connectivity index (χ4v) is 2.18. The fourth-order valence-electron chi connectivity index (χ4n) is 1.73. The zero-order valence-corrected chi connectivity index (χ0v) is 11.2. The van der Waals surface area contributed by atoms with Gasteiger partial charge >= 0.3 is 0 Å². The van der Waals surface area contributed by atoms with Crippen molar-refractivity contribution in [1.29, 1.82) is 0 Å². The molecular weight excluding hydrogens is 264 g/mol. The van der Waals surface area contributed by atoms with E-state index in [0.29, 0.717) is 0 Å². The van der Waals surface area contributed by atoms with Crippen molar-refractivity contribution in [3.8, 4) is 5.69 Å². The third kappa shape index (κ3) is 2.05. The van der Waals surface area contributed by atoms with Crippen molar-refractivity contribution in [2.24, 2.45) is 0 Å². The minimum Gasteiger partial charge on any atom is -0.236 e. The van der Waals surface area contributed by atoms with E-state index in [1.54, 1.807) is 0 Å². The maximum Gasteiger partial charge on any atom is 0.0790 e. The van der Waals surface area contributed by atoms with E-state index in [4.69, 9.17) is 0 Å². The van der Waals surface area contributed by atoms with E-state index in [9.17, 15) is 0 Å². The Morgan fingerprint density at radius 3 is 2.56 bits per heavy atom. The minimum atomic E-state index is 0.977. The van der Waals surface area contributed by atoms with Crippen molar-refractivity contribution < 1.29 is 0 Å².